The first-order valence-electron chi connectivity index (χ1n) is 10.1. The number of anilines is 1. The van der Waals surface area contributed by atoms with E-state index in [4.69, 9.17) is 9.72 Å². The van der Waals surface area contributed by atoms with Crippen molar-refractivity contribution in [2.45, 2.75) is 27.7 Å². The molecule has 0 bridgehead atoms. The van der Waals surface area contributed by atoms with Gasteiger partial charge in [0.2, 0.25) is 0 Å². The second-order valence-electron chi connectivity index (χ2n) is 7.02. The smallest absolute Gasteiger partial charge is 0.266 e. The van der Waals surface area contributed by atoms with E-state index in [-0.39, 0.29) is 12.5 Å². The Hall–Kier alpha value is -2.44. The van der Waals surface area contributed by atoms with E-state index >= 15 is 0 Å². The molecule has 0 spiro atoms. The largest absolute Gasteiger partial charge is 0.484 e. The Bertz CT molecular complexity index is 951. The molecule has 0 aliphatic carbocycles. The highest BCUT2D eigenvalue weighted by Crippen LogP contribution is 2.32. The summed E-state index contributed by atoms with van der Waals surface area (Å²) in [5.41, 5.74) is 3.36. The van der Waals surface area contributed by atoms with E-state index in [0.29, 0.717) is 12.3 Å². The Morgan fingerprint density at radius 1 is 1.03 bits per heavy atom. The molecule has 3 rings (SSSR count). The molecule has 3 aromatic rings. The fourth-order valence-corrected chi connectivity index (χ4v) is 4.25. The zero-order valence-corrected chi connectivity index (χ0v) is 18.5. The Labute approximate surface area is 176 Å². The van der Waals surface area contributed by atoms with Gasteiger partial charge in [0.05, 0.1) is 10.2 Å². The lowest BCUT2D eigenvalue weighted by Crippen LogP contribution is -2.41. The van der Waals surface area contributed by atoms with Crippen LogP contribution in [0.3, 0.4) is 0 Å². The van der Waals surface area contributed by atoms with Crippen LogP contribution in [0.2, 0.25) is 0 Å². The van der Waals surface area contributed by atoms with Crippen molar-refractivity contribution in [1.29, 1.82) is 0 Å². The first-order chi connectivity index (χ1) is 14.0. The third-order valence-corrected chi connectivity index (χ3v) is 6.29. The first-order valence-corrected chi connectivity index (χ1v) is 10.9. The maximum absolute atomic E-state index is 13.1. The number of thiazole rings is 1. The number of para-hydroxylation sites is 1. The number of aromatic nitrogens is 1. The molecule has 0 saturated heterocycles. The summed E-state index contributed by atoms with van der Waals surface area (Å²) in [7, 11) is 0. The normalized spacial score (nSPS) is 11.2. The van der Waals surface area contributed by atoms with Crippen LogP contribution in [0.1, 0.15) is 25.0 Å². The van der Waals surface area contributed by atoms with Crippen LogP contribution in [0.15, 0.2) is 42.5 Å². The molecule has 0 N–H and O–H groups in total. The van der Waals surface area contributed by atoms with E-state index in [1.54, 1.807) is 16.2 Å². The molecule has 29 heavy (non-hydrogen) atoms. The number of carbonyl (C=O) groups is 1. The Morgan fingerprint density at radius 2 is 1.76 bits per heavy atom. The van der Waals surface area contributed by atoms with Crippen LogP contribution in [-0.2, 0) is 4.79 Å². The van der Waals surface area contributed by atoms with Gasteiger partial charge < -0.3 is 9.64 Å². The molecule has 1 aromatic heterocycles. The van der Waals surface area contributed by atoms with Crippen LogP contribution in [0.5, 0.6) is 5.75 Å². The predicted octanol–water partition coefficient (Wildman–Crippen LogP) is 4.67. The SMILES string of the molecule is CCN(CC)CCN(C(=O)COc1ccccc1)c1nc2c(C)c(C)ccc2s1. The van der Waals surface area contributed by atoms with Gasteiger partial charge in [-0.15, -0.1) is 0 Å². The summed E-state index contributed by atoms with van der Waals surface area (Å²) >= 11 is 1.57. The Kier molecular flexibility index (Phi) is 7.23. The second-order valence-corrected chi connectivity index (χ2v) is 8.03. The molecule has 0 saturated carbocycles. The molecule has 0 fully saturated rings. The maximum Gasteiger partial charge on any atom is 0.266 e. The first kappa shape index (κ1) is 21.3. The van der Waals surface area contributed by atoms with Crippen molar-refractivity contribution in [1.82, 2.24) is 9.88 Å². The van der Waals surface area contributed by atoms with Gasteiger partial charge in [-0.2, -0.15) is 0 Å². The zero-order valence-electron chi connectivity index (χ0n) is 17.6. The molecule has 2 aromatic carbocycles. The fourth-order valence-electron chi connectivity index (χ4n) is 3.18. The average Bonchev–Trinajstić information content (AvgIpc) is 3.18. The van der Waals surface area contributed by atoms with Crippen LogP contribution in [-0.4, -0.2) is 48.6 Å². The summed E-state index contributed by atoms with van der Waals surface area (Å²) in [6, 6.07) is 13.6. The Balaban J connectivity index is 1.83. The molecule has 0 atom stereocenters. The van der Waals surface area contributed by atoms with Crippen molar-refractivity contribution in [3.63, 3.8) is 0 Å². The van der Waals surface area contributed by atoms with Gasteiger partial charge in [0.25, 0.3) is 5.91 Å². The van der Waals surface area contributed by atoms with Crippen molar-refractivity contribution in [3.05, 3.63) is 53.6 Å². The van der Waals surface area contributed by atoms with E-state index in [1.165, 1.54) is 11.1 Å². The molecular weight excluding hydrogens is 382 g/mol. The topological polar surface area (TPSA) is 45.7 Å². The van der Waals surface area contributed by atoms with E-state index in [0.717, 1.165) is 35.0 Å². The van der Waals surface area contributed by atoms with Crippen molar-refractivity contribution < 1.29 is 9.53 Å². The van der Waals surface area contributed by atoms with Gasteiger partial charge in [-0.3, -0.25) is 9.69 Å². The third-order valence-electron chi connectivity index (χ3n) is 5.25. The molecule has 6 heteroatoms. The van der Waals surface area contributed by atoms with Gasteiger partial charge in [-0.05, 0) is 56.3 Å². The van der Waals surface area contributed by atoms with Crippen LogP contribution in [0.4, 0.5) is 5.13 Å². The highest BCUT2D eigenvalue weighted by atomic mass is 32.1. The van der Waals surface area contributed by atoms with E-state index in [9.17, 15) is 4.79 Å². The number of nitrogens with zero attached hydrogens (tertiary/aromatic N) is 3. The summed E-state index contributed by atoms with van der Waals surface area (Å²) in [6.45, 7) is 11.8. The third kappa shape index (κ3) is 5.14. The van der Waals surface area contributed by atoms with Crippen molar-refractivity contribution in [3.8, 4) is 5.75 Å². The highest BCUT2D eigenvalue weighted by molar-refractivity contribution is 7.22. The summed E-state index contributed by atoms with van der Waals surface area (Å²) in [4.78, 5) is 22.0. The second kappa shape index (κ2) is 9.85. The quantitative estimate of drug-likeness (QED) is 0.513. The number of ether oxygens (including phenoxy) is 1. The van der Waals surface area contributed by atoms with E-state index in [2.05, 4.69) is 44.7 Å². The van der Waals surface area contributed by atoms with Gasteiger partial charge in [-0.1, -0.05) is 49.4 Å². The minimum atomic E-state index is -0.0746. The van der Waals surface area contributed by atoms with Crippen LogP contribution in [0.25, 0.3) is 10.2 Å². The standard InChI is InChI=1S/C23H29N3O2S/c1-5-25(6-2)14-15-26(21(27)16-28-19-10-8-7-9-11-19)23-24-22-18(4)17(3)12-13-20(22)29-23/h7-13H,5-6,14-16H2,1-4H3. The molecule has 0 radical (unpaired) electrons. The maximum atomic E-state index is 13.1. The number of carbonyl (C=O) groups excluding carboxylic acids is 1. The minimum absolute atomic E-state index is 0.00377. The van der Waals surface area contributed by atoms with E-state index in [1.807, 2.05) is 30.3 Å². The molecule has 0 unspecified atom stereocenters. The summed E-state index contributed by atoms with van der Waals surface area (Å²) in [5.74, 6) is 0.620. The van der Waals surface area contributed by atoms with Crippen molar-refractivity contribution >= 4 is 32.6 Å². The molecule has 1 heterocycles. The van der Waals surface area contributed by atoms with Crippen LogP contribution < -0.4 is 9.64 Å². The lowest BCUT2D eigenvalue weighted by atomic mass is 10.1. The Morgan fingerprint density at radius 3 is 2.45 bits per heavy atom. The summed E-state index contributed by atoms with van der Waals surface area (Å²) in [6.07, 6.45) is 0. The van der Waals surface area contributed by atoms with Crippen molar-refractivity contribution in [2.75, 3.05) is 37.7 Å². The number of hydrogen-bond acceptors (Lipinski definition) is 5. The number of rotatable bonds is 9. The molecule has 0 aliphatic heterocycles. The average molecular weight is 412 g/mol. The number of amides is 1. The molecule has 0 aliphatic rings. The minimum Gasteiger partial charge on any atom is -0.484 e. The van der Waals surface area contributed by atoms with Gasteiger partial charge in [0.15, 0.2) is 11.7 Å². The molecular formula is C23H29N3O2S. The monoisotopic (exact) mass is 411 g/mol. The number of hydrogen-bond donors (Lipinski definition) is 0. The van der Waals surface area contributed by atoms with Gasteiger partial charge in [0, 0.05) is 13.1 Å². The lowest BCUT2D eigenvalue weighted by molar-refractivity contribution is -0.120. The lowest BCUT2D eigenvalue weighted by Gasteiger charge is -2.24. The molecule has 1 amide bonds. The van der Waals surface area contributed by atoms with Gasteiger partial charge >= 0.3 is 0 Å². The summed E-state index contributed by atoms with van der Waals surface area (Å²) < 4.78 is 6.82. The van der Waals surface area contributed by atoms with Gasteiger partial charge in [-0.25, -0.2) is 4.98 Å². The molecule has 154 valence electrons. The van der Waals surface area contributed by atoms with Crippen LogP contribution in [0, 0.1) is 13.8 Å². The number of likely N-dealkylation sites (N-methyl/N-ethyl adjacent to an activating group) is 1. The fraction of sp³-hybridized carbons (Fsp3) is 0.391. The number of benzene rings is 2. The number of fused-ring (bicyclic) bond motifs is 1. The zero-order chi connectivity index (χ0) is 20.8. The van der Waals surface area contributed by atoms with E-state index < -0.39 is 0 Å². The molecule has 5 nitrogen and oxygen atoms in total. The van der Waals surface area contributed by atoms with Gasteiger partial charge in [0.1, 0.15) is 5.75 Å². The predicted molar refractivity (Wildman–Crippen MR) is 121 cm³/mol. The van der Waals surface area contributed by atoms with Crippen LogP contribution >= 0.6 is 11.3 Å². The van der Waals surface area contributed by atoms with Crippen molar-refractivity contribution in [2.24, 2.45) is 0 Å². The highest BCUT2D eigenvalue weighted by Gasteiger charge is 2.21. The summed E-state index contributed by atoms with van der Waals surface area (Å²) in [5, 5.41) is 0.738. The number of aryl methyl sites for hydroxylation is 2.